The van der Waals surface area contributed by atoms with Gasteiger partial charge in [-0.2, -0.15) is 0 Å². The zero-order chi connectivity index (χ0) is 14.8. The molecule has 21 heavy (non-hydrogen) atoms. The molecule has 0 aliphatic heterocycles. The van der Waals surface area contributed by atoms with Crippen molar-refractivity contribution in [2.45, 2.75) is 6.92 Å². The molecule has 3 aromatic rings. The largest absolute Gasteiger partial charge is 0.273 e. The highest BCUT2D eigenvalue weighted by molar-refractivity contribution is 7.22. The Morgan fingerprint density at radius 3 is 2.67 bits per heavy atom. The molecule has 3 rings (SSSR count). The van der Waals surface area contributed by atoms with Crippen LogP contribution in [0.3, 0.4) is 0 Å². The first-order valence-electron chi connectivity index (χ1n) is 6.31. The number of anilines is 1. The Kier molecular flexibility index (Phi) is 3.53. The Labute approximate surface area is 124 Å². The second-order valence-corrected chi connectivity index (χ2v) is 5.56. The zero-order valence-corrected chi connectivity index (χ0v) is 12.0. The fraction of sp³-hybridized carbons (Fsp3) is 0.0667. The monoisotopic (exact) mass is 301 g/mol. The molecule has 0 fully saturated rings. The van der Waals surface area contributed by atoms with Crippen LogP contribution in [0.4, 0.5) is 9.52 Å². The molecule has 0 aliphatic rings. The molecule has 106 valence electrons. The van der Waals surface area contributed by atoms with Crippen LogP contribution in [-0.4, -0.2) is 10.9 Å². The van der Waals surface area contributed by atoms with Crippen molar-refractivity contribution in [3.63, 3.8) is 0 Å². The van der Waals surface area contributed by atoms with Crippen molar-refractivity contribution in [2.75, 3.05) is 5.43 Å². The SMILES string of the molecule is Cc1cccc2sc(NNC(=O)c3ccc(F)cc3)nc12. The van der Waals surface area contributed by atoms with Crippen molar-refractivity contribution in [2.24, 2.45) is 0 Å². The highest BCUT2D eigenvalue weighted by Crippen LogP contribution is 2.27. The van der Waals surface area contributed by atoms with Crippen molar-refractivity contribution in [1.82, 2.24) is 10.4 Å². The molecule has 0 atom stereocenters. The number of para-hydroxylation sites is 1. The molecule has 0 radical (unpaired) electrons. The number of nitrogens with zero attached hydrogens (tertiary/aromatic N) is 1. The van der Waals surface area contributed by atoms with Crippen LogP contribution in [0, 0.1) is 12.7 Å². The summed E-state index contributed by atoms with van der Waals surface area (Å²) in [6, 6.07) is 11.3. The van der Waals surface area contributed by atoms with Gasteiger partial charge in [0, 0.05) is 5.56 Å². The first-order chi connectivity index (χ1) is 10.1. The average Bonchev–Trinajstić information content (AvgIpc) is 2.90. The lowest BCUT2D eigenvalue weighted by molar-refractivity contribution is 0.0962. The van der Waals surface area contributed by atoms with Gasteiger partial charge in [-0.1, -0.05) is 23.5 Å². The molecule has 0 saturated carbocycles. The van der Waals surface area contributed by atoms with Crippen LogP contribution in [-0.2, 0) is 0 Å². The van der Waals surface area contributed by atoms with Gasteiger partial charge in [0.05, 0.1) is 10.2 Å². The Hall–Kier alpha value is -2.47. The maximum absolute atomic E-state index is 12.8. The predicted molar refractivity (Wildman–Crippen MR) is 81.8 cm³/mol. The van der Waals surface area contributed by atoms with Gasteiger partial charge in [-0.25, -0.2) is 9.37 Å². The Morgan fingerprint density at radius 1 is 1.19 bits per heavy atom. The number of carbonyl (C=O) groups is 1. The third-order valence-corrected chi connectivity index (χ3v) is 3.95. The quantitative estimate of drug-likeness (QED) is 0.728. The molecule has 1 heterocycles. The van der Waals surface area contributed by atoms with E-state index in [0.717, 1.165) is 15.8 Å². The minimum Gasteiger partial charge on any atom is -0.273 e. The van der Waals surface area contributed by atoms with Crippen molar-refractivity contribution in [3.8, 4) is 0 Å². The molecule has 1 amide bonds. The van der Waals surface area contributed by atoms with Gasteiger partial charge >= 0.3 is 0 Å². The lowest BCUT2D eigenvalue weighted by Gasteiger charge is -2.05. The number of aromatic nitrogens is 1. The molecule has 0 unspecified atom stereocenters. The van der Waals surface area contributed by atoms with Crippen molar-refractivity contribution in [1.29, 1.82) is 0 Å². The summed E-state index contributed by atoms with van der Waals surface area (Å²) in [5.74, 6) is -0.716. The van der Waals surface area contributed by atoms with Crippen molar-refractivity contribution in [3.05, 3.63) is 59.4 Å². The molecular weight excluding hydrogens is 289 g/mol. The summed E-state index contributed by atoms with van der Waals surface area (Å²) < 4.78 is 13.9. The maximum atomic E-state index is 12.8. The molecule has 0 aliphatic carbocycles. The lowest BCUT2D eigenvalue weighted by Crippen LogP contribution is -2.29. The van der Waals surface area contributed by atoms with Crippen LogP contribution >= 0.6 is 11.3 Å². The normalized spacial score (nSPS) is 10.6. The van der Waals surface area contributed by atoms with E-state index in [4.69, 9.17) is 0 Å². The lowest BCUT2D eigenvalue weighted by atomic mass is 10.2. The summed E-state index contributed by atoms with van der Waals surface area (Å²) in [5.41, 5.74) is 7.72. The number of rotatable bonds is 3. The van der Waals surface area contributed by atoms with E-state index in [9.17, 15) is 9.18 Å². The Balaban J connectivity index is 1.72. The number of fused-ring (bicyclic) bond motifs is 1. The molecule has 2 aromatic carbocycles. The number of nitrogens with one attached hydrogen (secondary N) is 2. The first kappa shape index (κ1) is 13.5. The van der Waals surface area contributed by atoms with Crippen LogP contribution in [0.25, 0.3) is 10.2 Å². The highest BCUT2D eigenvalue weighted by atomic mass is 32.1. The van der Waals surface area contributed by atoms with E-state index in [1.165, 1.54) is 35.6 Å². The number of hydrogen-bond acceptors (Lipinski definition) is 4. The molecule has 0 spiro atoms. The van der Waals surface area contributed by atoms with Crippen molar-refractivity contribution < 1.29 is 9.18 Å². The molecule has 2 N–H and O–H groups in total. The van der Waals surface area contributed by atoms with Gasteiger partial charge in [-0.05, 0) is 42.8 Å². The topological polar surface area (TPSA) is 54.0 Å². The number of thiazole rings is 1. The average molecular weight is 301 g/mol. The standard InChI is InChI=1S/C15H12FN3OS/c1-9-3-2-4-12-13(9)17-15(21-12)19-18-14(20)10-5-7-11(16)8-6-10/h2-8H,1H3,(H,17,19)(H,18,20). The summed E-state index contributed by atoms with van der Waals surface area (Å²) in [6.07, 6.45) is 0. The number of aryl methyl sites for hydroxylation is 1. The van der Waals surface area contributed by atoms with Crippen LogP contribution in [0.5, 0.6) is 0 Å². The van der Waals surface area contributed by atoms with E-state index in [0.29, 0.717) is 10.7 Å². The van der Waals surface area contributed by atoms with Crippen molar-refractivity contribution >= 4 is 32.6 Å². The predicted octanol–water partition coefficient (Wildman–Crippen LogP) is 3.50. The molecular formula is C15H12FN3OS. The van der Waals surface area contributed by atoms with Crippen LogP contribution in [0.15, 0.2) is 42.5 Å². The minimum absolute atomic E-state index is 0.342. The fourth-order valence-corrected chi connectivity index (χ4v) is 2.82. The van der Waals surface area contributed by atoms with E-state index >= 15 is 0 Å². The maximum Gasteiger partial charge on any atom is 0.269 e. The van der Waals surface area contributed by atoms with Crippen LogP contribution in [0.1, 0.15) is 15.9 Å². The Bertz CT molecular complexity index is 798. The summed E-state index contributed by atoms with van der Waals surface area (Å²) in [7, 11) is 0. The van der Waals surface area contributed by atoms with E-state index in [2.05, 4.69) is 15.8 Å². The number of halogens is 1. The number of benzene rings is 2. The fourth-order valence-electron chi connectivity index (χ4n) is 1.92. The van der Waals surface area contributed by atoms with Gasteiger partial charge in [0.2, 0.25) is 5.13 Å². The van der Waals surface area contributed by atoms with Gasteiger partial charge in [-0.3, -0.25) is 15.6 Å². The third kappa shape index (κ3) is 2.85. The van der Waals surface area contributed by atoms with Crippen LogP contribution in [0.2, 0.25) is 0 Å². The highest BCUT2D eigenvalue weighted by Gasteiger charge is 2.08. The molecule has 0 bridgehead atoms. The number of carbonyl (C=O) groups excluding carboxylic acids is 1. The Morgan fingerprint density at radius 2 is 1.95 bits per heavy atom. The van der Waals surface area contributed by atoms with Gasteiger partial charge in [0.15, 0.2) is 0 Å². The smallest absolute Gasteiger partial charge is 0.269 e. The molecule has 0 saturated heterocycles. The van der Waals surface area contributed by atoms with E-state index < -0.39 is 0 Å². The summed E-state index contributed by atoms with van der Waals surface area (Å²) >= 11 is 1.45. The second-order valence-electron chi connectivity index (χ2n) is 4.53. The summed E-state index contributed by atoms with van der Waals surface area (Å²) in [5, 5.41) is 0.606. The number of amides is 1. The third-order valence-electron chi connectivity index (χ3n) is 3.01. The molecule has 4 nitrogen and oxygen atoms in total. The minimum atomic E-state index is -0.374. The number of hydrazine groups is 1. The summed E-state index contributed by atoms with van der Waals surface area (Å²) in [4.78, 5) is 16.3. The second kappa shape index (κ2) is 5.49. The van der Waals surface area contributed by atoms with Gasteiger partial charge in [-0.15, -0.1) is 0 Å². The molecule has 1 aromatic heterocycles. The van der Waals surface area contributed by atoms with Crippen LogP contribution < -0.4 is 10.9 Å². The summed E-state index contributed by atoms with van der Waals surface area (Å²) in [6.45, 7) is 1.99. The molecule has 6 heteroatoms. The first-order valence-corrected chi connectivity index (χ1v) is 7.13. The van der Waals surface area contributed by atoms with Gasteiger partial charge in [0.25, 0.3) is 5.91 Å². The van der Waals surface area contributed by atoms with Gasteiger partial charge in [0.1, 0.15) is 5.82 Å². The van der Waals surface area contributed by atoms with E-state index in [1.54, 1.807) is 0 Å². The van der Waals surface area contributed by atoms with E-state index in [-0.39, 0.29) is 11.7 Å². The number of hydrogen-bond donors (Lipinski definition) is 2. The van der Waals surface area contributed by atoms with Gasteiger partial charge < -0.3 is 0 Å². The van der Waals surface area contributed by atoms with E-state index in [1.807, 2.05) is 25.1 Å². The zero-order valence-electron chi connectivity index (χ0n) is 11.2.